The third kappa shape index (κ3) is 2.66. The van der Waals surface area contributed by atoms with E-state index in [0.717, 1.165) is 30.6 Å². The van der Waals surface area contributed by atoms with Gasteiger partial charge >= 0.3 is 0 Å². The van der Waals surface area contributed by atoms with Crippen molar-refractivity contribution in [1.29, 1.82) is 0 Å². The summed E-state index contributed by atoms with van der Waals surface area (Å²) in [6, 6.07) is 1.68. The van der Waals surface area contributed by atoms with E-state index in [1.54, 1.807) is 20.1 Å². The fraction of sp³-hybridized carbons (Fsp3) is 0.600. The smallest absolute Gasteiger partial charge is 0.130 e. The van der Waals surface area contributed by atoms with Gasteiger partial charge in [-0.2, -0.15) is 0 Å². The Hall–Kier alpha value is -1.09. The van der Waals surface area contributed by atoms with Gasteiger partial charge < -0.3 is 10.1 Å². The van der Waals surface area contributed by atoms with E-state index in [2.05, 4.69) is 5.32 Å². The molecule has 3 heteroatoms. The van der Waals surface area contributed by atoms with Crippen LogP contribution in [-0.2, 0) is 6.42 Å². The predicted molar refractivity (Wildman–Crippen MR) is 71.7 cm³/mol. The van der Waals surface area contributed by atoms with Gasteiger partial charge in [-0.15, -0.1) is 0 Å². The van der Waals surface area contributed by atoms with E-state index in [9.17, 15) is 4.39 Å². The fourth-order valence-electron chi connectivity index (χ4n) is 2.83. The first-order valence-electron chi connectivity index (χ1n) is 6.66. The van der Waals surface area contributed by atoms with Crippen molar-refractivity contribution >= 4 is 0 Å². The molecule has 0 amide bonds. The van der Waals surface area contributed by atoms with Crippen molar-refractivity contribution in [3.05, 3.63) is 28.6 Å². The minimum atomic E-state index is -0.156. The quantitative estimate of drug-likeness (QED) is 0.891. The zero-order valence-electron chi connectivity index (χ0n) is 11.5. The van der Waals surface area contributed by atoms with Crippen molar-refractivity contribution in [1.82, 2.24) is 5.32 Å². The lowest BCUT2D eigenvalue weighted by molar-refractivity contribution is 0.372. The first-order valence-corrected chi connectivity index (χ1v) is 6.66. The first-order chi connectivity index (χ1) is 8.63. The SMILES string of the molecule is COc1c(C)c(F)cc(CC2CCCNC2)c1C. The molecule has 1 atom stereocenters. The van der Waals surface area contributed by atoms with Gasteiger partial charge in [-0.25, -0.2) is 4.39 Å². The third-order valence-corrected chi connectivity index (χ3v) is 3.93. The van der Waals surface area contributed by atoms with Gasteiger partial charge in [-0.1, -0.05) is 0 Å². The molecular weight excluding hydrogens is 229 g/mol. The van der Waals surface area contributed by atoms with E-state index in [1.165, 1.54) is 12.8 Å². The largest absolute Gasteiger partial charge is 0.496 e. The zero-order valence-corrected chi connectivity index (χ0v) is 11.5. The average molecular weight is 251 g/mol. The Bertz CT molecular complexity index is 425. The topological polar surface area (TPSA) is 21.3 Å². The second kappa shape index (κ2) is 5.70. The first kappa shape index (κ1) is 13.3. The maximum atomic E-state index is 13.9. The van der Waals surface area contributed by atoms with Crippen LogP contribution in [0.15, 0.2) is 6.07 Å². The number of nitrogens with one attached hydrogen (secondary N) is 1. The van der Waals surface area contributed by atoms with Crippen molar-refractivity contribution in [3.8, 4) is 5.75 Å². The summed E-state index contributed by atoms with van der Waals surface area (Å²) in [5, 5.41) is 3.40. The molecule has 0 saturated carbocycles. The van der Waals surface area contributed by atoms with Gasteiger partial charge in [0.15, 0.2) is 0 Å². The highest BCUT2D eigenvalue weighted by atomic mass is 19.1. The molecule has 0 spiro atoms. The molecule has 1 aliphatic rings. The van der Waals surface area contributed by atoms with E-state index in [0.29, 0.717) is 17.2 Å². The summed E-state index contributed by atoms with van der Waals surface area (Å²) in [4.78, 5) is 0. The second-order valence-electron chi connectivity index (χ2n) is 5.22. The molecular formula is C15H22FNO. The van der Waals surface area contributed by atoms with Crippen LogP contribution in [0.25, 0.3) is 0 Å². The van der Waals surface area contributed by atoms with Crippen LogP contribution in [0.5, 0.6) is 5.75 Å². The van der Waals surface area contributed by atoms with Crippen LogP contribution in [0, 0.1) is 25.6 Å². The van der Waals surface area contributed by atoms with Gasteiger partial charge in [-0.3, -0.25) is 0 Å². The number of hydrogen-bond donors (Lipinski definition) is 1. The van der Waals surface area contributed by atoms with E-state index >= 15 is 0 Å². The average Bonchev–Trinajstić information content (AvgIpc) is 2.38. The highest BCUT2D eigenvalue weighted by Gasteiger charge is 2.18. The van der Waals surface area contributed by atoms with Crippen molar-refractivity contribution < 1.29 is 9.13 Å². The monoisotopic (exact) mass is 251 g/mol. The minimum absolute atomic E-state index is 0.156. The van der Waals surface area contributed by atoms with Crippen molar-refractivity contribution in [2.45, 2.75) is 33.1 Å². The summed E-state index contributed by atoms with van der Waals surface area (Å²) in [5.74, 6) is 1.16. The number of benzene rings is 1. The lowest BCUT2D eigenvalue weighted by atomic mass is 9.89. The van der Waals surface area contributed by atoms with E-state index in [4.69, 9.17) is 4.74 Å². The number of ether oxygens (including phenoxy) is 1. The highest BCUT2D eigenvalue weighted by molar-refractivity contribution is 5.46. The zero-order chi connectivity index (χ0) is 13.1. The molecule has 1 aliphatic heterocycles. The normalized spacial score (nSPS) is 19.9. The van der Waals surface area contributed by atoms with Gasteiger partial charge in [0.2, 0.25) is 0 Å². The molecule has 1 saturated heterocycles. The van der Waals surface area contributed by atoms with Gasteiger partial charge in [0.05, 0.1) is 7.11 Å². The van der Waals surface area contributed by atoms with Crippen LogP contribution >= 0.6 is 0 Å². The maximum Gasteiger partial charge on any atom is 0.130 e. The summed E-state index contributed by atoms with van der Waals surface area (Å²) in [6.07, 6.45) is 3.38. The van der Waals surface area contributed by atoms with Gasteiger partial charge in [0.25, 0.3) is 0 Å². The second-order valence-corrected chi connectivity index (χ2v) is 5.22. The number of rotatable bonds is 3. The molecule has 2 nitrogen and oxygen atoms in total. The van der Waals surface area contributed by atoms with E-state index in [-0.39, 0.29) is 5.82 Å². The number of halogens is 1. The van der Waals surface area contributed by atoms with Crippen LogP contribution in [0.1, 0.15) is 29.5 Å². The number of methoxy groups -OCH3 is 1. The highest BCUT2D eigenvalue weighted by Crippen LogP contribution is 2.30. The molecule has 1 heterocycles. The summed E-state index contributed by atoms with van der Waals surface area (Å²) in [6.45, 7) is 5.95. The van der Waals surface area contributed by atoms with Crippen LogP contribution in [-0.4, -0.2) is 20.2 Å². The Kier molecular flexibility index (Phi) is 4.23. The Morgan fingerprint density at radius 2 is 2.17 bits per heavy atom. The van der Waals surface area contributed by atoms with Crippen molar-refractivity contribution in [3.63, 3.8) is 0 Å². The lowest BCUT2D eigenvalue weighted by Crippen LogP contribution is -2.31. The van der Waals surface area contributed by atoms with Gasteiger partial charge in [0, 0.05) is 5.56 Å². The lowest BCUT2D eigenvalue weighted by Gasteiger charge is -2.24. The minimum Gasteiger partial charge on any atom is -0.496 e. The van der Waals surface area contributed by atoms with Crippen LogP contribution in [0.4, 0.5) is 4.39 Å². The summed E-state index contributed by atoms with van der Waals surface area (Å²) >= 11 is 0. The molecule has 100 valence electrons. The van der Waals surface area contributed by atoms with E-state index in [1.807, 2.05) is 6.92 Å². The molecule has 1 aromatic carbocycles. The van der Waals surface area contributed by atoms with Crippen molar-refractivity contribution in [2.75, 3.05) is 20.2 Å². The van der Waals surface area contributed by atoms with Gasteiger partial charge in [0.1, 0.15) is 11.6 Å². The molecule has 0 aromatic heterocycles. The van der Waals surface area contributed by atoms with Crippen LogP contribution < -0.4 is 10.1 Å². The fourth-order valence-corrected chi connectivity index (χ4v) is 2.83. The molecule has 18 heavy (non-hydrogen) atoms. The Balaban J connectivity index is 2.24. The summed E-state index contributed by atoms with van der Waals surface area (Å²) < 4.78 is 19.2. The Morgan fingerprint density at radius 3 is 2.78 bits per heavy atom. The molecule has 1 N–H and O–H groups in total. The van der Waals surface area contributed by atoms with Gasteiger partial charge in [-0.05, 0) is 69.3 Å². The molecule has 2 rings (SSSR count). The Morgan fingerprint density at radius 1 is 1.39 bits per heavy atom. The third-order valence-electron chi connectivity index (χ3n) is 3.93. The molecule has 1 fully saturated rings. The molecule has 0 radical (unpaired) electrons. The number of piperidine rings is 1. The summed E-state index contributed by atoms with van der Waals surface area (Å²) in [5.41, 5.74) is 2.78. The molecule has 1 aromatic rings. The molecule has 0 aliphatic carbocycles. The Labute approximate surface area is 109 Å². The molecule has 0 bridgehead atoms. The van der Waals surface area contributed by atoms with E-state index < -0.39 is 0 Å². The standard InChI is InChI=1S/C15H22FNO/c1-10-13(7-12-5-4-6-17-9-12)8-14(16)11(2)15(10)18-3/h8,12,17H,4-7,9H2,1-3H3. The van der Waals surface area contributed by atoms with Crippen molar-refractivity contribution in [2.24, 2.45) is 5.92 Å². The predicted octanol–water partition coefficient (Wildman–Crippen LogP) is 2.99. The van der Waals surface area contributed by atoms with Crippen LogP contribution in [0.2, 0.25) is 0 Å². The number of hydrogen-bond acceptors (Lipinski definition) is 2. The van der Waals surface area contributed by atoms with Crippen LogP contribution in [0.3, 0.4) is 0 Å². The molecule has 1 unspecified atom stereocenters. The maximum absolute atomic E-state index is 13.9. The summed E-state index contributed by atoms with van der Waals surface area (Å²) in [7, 11) is 1.61.